The van der Waals surface area contributed by atoms with Gasteiger partial charge < -0.3 is 9.72 Å². The van der Waals surface area contributed by atoms with Crippen LogP contribution in [0.25, 0.3) is 11.4 Å². The molecule has 0 amide bonds. The quantitative estimate of drug-likeness (QED) is 0.864. The van der Waals surface area contributed by atoms with E-state index in [1.54, 1.807) is 13.0 Å². The summed E-state index contributed by atoms with van der Waals surface area (Å²) in [6, 6.07) is 7.35. The lowest BCUT2D eigenvalue weighted by Gasteiger charge is -2.17. The first-order valence-corrected chi connectivity index (χ1v) is 7.24. The molecule has 2 rings (SSSR count). The van der Waals surface area contributed by atoms with Crippen LogP contribution in [0, 0.1) is 0 Å². The maximum atomic E-state index is 12.1. The molecule has 0 radical (unpaired) electrons. The Bertz CT molecular complexity index is 657. The third-order valence-corrected chi connectivity index (χ3v) is 3.26. The van der Waals surface area contributed by atoms with Crippen LogP contribution in [0.4, 0.5) is 0 Å². The zero-order chi connectivity index (χ0) is 15.6. The van der Waals surface area contributed by atoms with Crippen molar-refractivity contribution in [3.05, 3.63) is 40.7 Å². The van der Waals surface area contributed by atoms with Crippen LogP contribution in [0.2, 0.25) is 5.02 Å². The molecule has 0 aliphatic rings. The number of nitrogens with zero attached hydrogens (tertiary/aromatic N) is 1. The average molecular weight is 307 g/mol. The summed E-state index contributed by atoms with van der Waals surface area (Å²) in [5.41, 5.74) is 1.69. The van der Waals surface area contributed by atoms with E-state index in [0.29, 0.717) is 23.1 Å². The summed E-state index contributed by atoms with van der Waals surface area (Å²) >= 11 is 6.01. The van der Waals surface area contributed by atoms with Crippen molar-refractivity contribution in [2.45, 2.75) is 33.1 Å². The average Bonchev–Trinajstić information content (AvgIpc) is 2.84. The molecular formula is C16H19ClN2O2. The van der Waals surface area contributed by atoms with Crippen LogP contribution >= 0.6 is 11.6 Å². The number of hydrogen-bond acceptors (Lipinski definition) is 3. The van der Waals surface area contributed by atoms with Crippen molar-refractivity contribution in [1.29, 1.82) is 0 Å². The third-order valence-electron chi connectivity index (χ3n) is 3.02. The van der Waals surface area contributed by atoms with Gasteiger partial charge in [-0.25, -0.2) is 9.78 Å². The normalized spacial score (nSPS) is 11.5. The first kappa shape index (κ1) is 15.6. The predicted molar refractivity (Wildman–Crippen MR) is 83.7 cm³/mol. The number of carbonyl (C=O) groups excluding carboxylic acids is 1. The van der Waals surface area contributed by atoms with Gasteiger partial charge in [-0.3, -0.25) is 0 Å². The van der Waals surface area contributed by atoms with Crippen LogP contribution in [0.3, 0.4) is 0 Å². The van der Waals surface area contributed by atoms with Crippen molar-refractivity contribution in [2.24, 2.45) is 0 Å². The minimum Gasteiger partial charge on any atom is -0.461 e. The van der Waals surface area contributed by atoms with Crippen molar-refractivity contribution >= 4 is 17.6 Å². The number of esters is 1. The van der Waals surface area contributed by atoms with E-state index < -0.39 is 5.97 Å². The van der Waals surface area contributed by atoms with Gasteiger partial charge in [-0.2, -0.15) is 0 Å². The molecule has 0 saturated heterocycles. The largest absolute Gasteiger partial charge is 0.461 e. The van der Waals surface area contributed by atoms with E-state index in [1.807, 2.05) is 39.0 Å². The second-order valence-electron chi connectivity index (χ2n) is 5.79. The van der Waals surface area contributed by atoms with Gasteiger partial charge in [-0.15, -0.1) is 0 Å². The Kier molecular flexibility index (Phi) is 4.37. The van der Waals surface area contributed by atoms with Crippen LogP contribution in [0.15, 0.2) is 24.3 Å². The van der Waals surface area contributed by atoms with Gasteiger partial charge >= 0.3 is 5.97 Å². The van der Waals surface area contributed by atoms with E-state index in [1.165, 1.54) is 0 Å². The molecule has 0 aliphatic heterocycles. The minimum atomic E-state index is -0.410. The molecule has 0 spiro atoms. The standard InChI is InChI=1S/C16H19ClN2O2/c1-5-21-15(20)12-13(16(2,3)4)19-14(18-12)10-7-6-8-11(17)9-10/h6-9H,5H2,1-4H3,(H,18,19). The van der Waals surface area contributed by atoms with Crippen molar-refractivity contribution in [1.82, 2.24) is 9.97 Å². The SMILES string of the molecule is CCOC(=O)c1nc(-c2cccc(Cl)c2)[nH]c1C(C)(C)C. The van der Waals surface area contributed by atoms with Crippen LogP contribution in [-0.2, 0) is 10.2 Å². The highest BCUT2D eigenvalue weighted by atomic mass is 35.5. The molecule has 0 aliphatic carbocycles. The lowest BCUT2D eigenvalue weighted by molar-refractivity contribution is 0.0517. The number of aromatic nitrogens is 2. The summed E-state index contributed by atoms with van der Waals surface area (Å²) in [5, 5.41) is 0.624. The zero-order valence-electron chi connectivity index (χ0n) is 12.7. The van der Waals surface area contributed by atoms with Crippen LogP contribution in [0.5, 0.6) is 0 Å². The number of rotatable bonds is 3. The van der Waals surface area contributed by atoms with Gasteiger partial charge in [0, 0.05) is 16.0 Å². The Morgan fingerprint density at radius 2 is 2.10 bits per heavy atom. The van der Waals surface area contributed by atoms with Gasteiger partial charge in [0.05, 0.1) is 12.3 Å². The molecule has 4 nitrogen and oxygen atoms in total. The molecule has 1 N–H and O–H groups in total. The number of imidazole rings is 1. The summed E-state index contributed by atoms with van der Waals surface area (Å²) in [7, 11) is 0. The molecule has 112 valence electrons. The van der Waals surface area contributed by atoms with Gasteiger partial charge in [0.15, 0.2) is 5.69 Å². The molecule has 0 fully saturated rings. The number of aromatic amines is 1. The van der Waals surface area contributed by atoms with Gasteiger partial charge in [-0.1, -0.05) is 44.5 Å². The highest BCUT2D eigenvalue weighted by Gasteiger charge is 2.27. The Labute approximate surface area is 129 Å². The number of benzene rings is 1. The smallest absolute Gasteiger partial charge is 0.358 e. The Morgan fingerprint density at radius 3 is 2.67 bits per heavy atom. The summed E-state index contributed by atoms with van der Waals surface area (Å²) < 4.78 is 5.09. The van der Waals surface area contributed by atoms with Gasteiger partial charge in [-0.05, 0) is 19.1 Å². The Hall–Kier alpha value is -1.81. The van der Waals surface area contributed by atoms with Crippen molar-refractivity contribution in [3.8, 4) is 11.4 Å². The molecule has 1 heterocycles. The molecule has 0 saturated carbocycles. The molecule has 0 unspecified atom stereocenters. The number of H-pyrrole nitrogens is 1. The molecule has 2 aromatic rings. The fourth-order valence-electron chi connectivity index (χ4n) is 2.04. The molecule has 1 aromatic heterocycles. The Balaban J connectivity index is 2.53. The van der Waals surface area contributed by atoms with Crippen LogP contribution in [0.1, 0.15) is 43.9 Å². The van der Waals surface area contributed by atoms with E-state index in [-0.39, 0.29) is 5.41 Å². The maximum Gasteiger partial charge on any atom is 0.358 e. The van der Waals surface area contributed by atoms with E-state index in [0.717, 1.165) is 11.3 Å². The monoisotopic (exact) mass is 306 g/mol. The Morgan fingerprint density at radius 1 is 1.38 bits per heavy atom. The first-order chi connectivity index (χ1) is 9.82. The molecule has 21 heavy (non-hydrogen) atoms. The predicted octanol–water partition coefficient (Wildman–Crippen LogP) is 4.20. The lowest BCUT2D eigenvalue weighted by atomic mass is 9.91. The summed E-state index contributed by atoms with van der Waals surface area (Å²) in [5.74, 6) is 0.206. The van der Waals surface area contributed by atoms with Gasteiger partial charge in [0.1, 0.15) is 5.82 Å². The second kappa shape index (κ2) is 5.90. The van der Waals surface area contributed by atoms with Crippen LogP contribution in [-0.4, -0.2) is 22.5 Å². The fraction of sp³-hybridized carbons (Fsp3) is 0.375. The van der Waals surface area contributed by atoms with Crippen molar-refractivity contribution in [3.63, 3.8) is 0 Å². The first-order valence-electron chi connectivity index (χ1n) is 6.86. The molecular weight excluding hydrogens is 288 g/mol. The summed E-state index contributed by atoms with van der Waals surface area (Å²) in [6.45, 7) is 8.15. The zero-order valence-corrected chi connectivity index (χ0v) is 13.4. The highest BCUT2D eigenvalue weighted by Crippen LogP contribution is 2.28. The van der Waals surface area contributed by atoms with Crippen molar-refractivity contribution < 1.29 is 9.53 Å². The number of hydrogen-bond donors (Lipinski definition) is 1. The van der Waals surface area contributed by atoms with Crippen LogP contribution < -0.4 is 0 Å². The molecule has 5 heteroatoms. The highest BCUT2D eigenvalue weighted by molar-refractivity contribution is 6.30. The van der Waals surface area contributed by atoms with E-state index >= 15 is 0 Å². The van der Waals surface area contributed by atoms with E-state index in [4.69, 9.17) is 16.3 Å². The molecule has 1 aromatic carbocycles. The molecule has 0 bridgehead atoms. The number of carbonyl (C=O) groups is 1. The van der Waals surface area contributed by atoms with Crippen molar-refractivity contribution in [2.75, 3.05) is 6.61 Å². The summed E-state index contributed by atoms with van der Waals surface area (Å²) in [4.78, 5) is 19.7. The number of ether oxygens (including phenoxy) is 1. The minimum absolute atomic E-state index is 0.244. The lowest BCUT2D eigenvalue weighted by Crippen LogP contribution is -2.18. The van der Waals surface area contributed by atoms with E-state index in [2.05, 4.69) is 9.97 Å². The maximum absolute atomic E-state index is 12.1. The van der Waals surface area contributed by atoms with Gasteiger partial charge in [0.25, 0.3) is 0 Å². The van der Waals surface area contributed by atoms with E-state index in [9.17, 15) is 4.79 Å². The topological polar surface area (TPSA) is 55.0 Å². The molecule has 0 atom stereocenters. The number of halogens is 1. The third kappa shape index (κ3) is 3.45. The summed E-state index contributed by atoms with van der Waals surface area (Å²) in [6.07, 6.45) is 0. The van der Waals surface area contributed by atoms with Gasteiger partial charge in [0.2, 0.25) is 0 Å². The second-order valence-corrected chi connectivity index (χ2v) is 6.23. The number of nitrogens with one attached hydrogen (secondary N) is 1. The fourth-order valence-corrected chi connectivity index (χ4v) is 2.23.